The van der Waals surface area contributed by atoms with Crippen molar-refractivity contribution >= 4 is 23.2 Å². The molecule has 1 fully saturated rings. The van der Waals surface area contributed by atoms with Gasteiger partial charge >= 0.3 is 0 Å². The summed E-state index contributed by atoms with van der Waals surface area (Å²) in [6.45, 7) is 5.54. The van der Waals surface area contributed by atoms with Crippen LogP contribution in [-0.2, 0) is 6.42 Å². The highest BCUT2D eigenvalue weighted by Gasteiger charge is 2.27. The van der Waals surface area contributed by atoms with E-state index in [0.29, 0.717) is 11.1 Å². The van der Waals surface area contributed by atoms with Crippen LogP contribution in [-0.4, -0.2) is 12.6 Å². The number of rotatable bonds is 5. The summed E-state index contributed by atoms with van der Waals surface area (Å²) in [7, 11) is 0. The first-order valence-corrected chi connectivity index (χ1v) is 7.99. The molecule has 1 saturated carbocycles. The van der Waals surface area contributed by atoms with Crippen LogP contribution in [0.1, 0.15) is 38.7 Å². The maximum atomic E-state index is 6.30. The Bertz CT molecular complexity index is 417. The van der Waals surface area contributed by atoms with Crippen LogP contribution in [0.4, 0.5) is 0 Å². The first-order chi connectivity index (χ1) is 9.08. The lowest BCUT2D eigenvalue weighted by Crippen LogP contribution is -2.31. The van der Waals surface area contributed by atoms with Crippen LogP contribution >= 0.6 is 23.2 Å². The Morgan fingerprint density at radius 2 is 1.95 bits per heavy atom. The third kappa shape index (κ3) is 4.11. The maximum absolute atomic E-state index is 6.30. The summed E-state index contributed by atoms with van der Waals surface area (Å²) in [5.41, 5.74) is 1.20. The highest BCUT2D eigenvalue weighted by Crippen LogP contribution is 2.36. The number of nitrogens with one attached hydrogen (secondary N) is 1. The van der Waals surface area contributed by atoms with Crippen molar-refractivity contribution < 1.29 is 0 Å². The predicted octanol–water partition coefficient (Wildman–Crippen LogP) is 4.95. The van der Waals surface area contributed by atoms with Crippen molar-refractivity contribution in [3.05, 3.63) is 33.8 Å². The quantitative estimate of drug-likeness (QED) is 0.811. The third-order valence-electron chi connectivity index (χ3n) is 4.12. The number of hydrogen-bond acceptors (Lipinski definition) is 1. The van der Waals surface area contributed by atoms with E-state index in [1.165, 1.54) is 24.8 Å². The predicted molar refractivity (Wildman–Crippen MR) is 84.1 cm³/mol. The summed E-state index contributed by atoms with van der Waals surface area (Å²) in [6, 6.07) is 6.54. The Kier molecular flexibility index (Phi) is 5.56. The summed E-state index contributed by atoms with van der Waals surface area (Å²) in [5, 5.41) is 4.99. The van der Waals surface area contributed by atoms with Crippen LogP contribution in [0.15, 0.2) is 18.2 Å². The number of benzene rings is 1. The minimum absolute atomic E-state index is 0.566. The van der Waals surface area contributed by atoms with E-state index >= 15 is 0 Å². The summed E-state index contributed by atoms with van der Waals surface area (Å²) in [4.78, 5) is 0. The van der Waals surface area contributed by atoms with Crippen molar-refractivity contribution in [2.24, 2.45) is 11.8 Å². The van der Waals surface area contributed by atoms with Gasteiger partial charge in [0.05, 0.1) is 10.0 Å². The van der Waals surface area contributed by atoms with Gasteiger partial charge in [-0.1, -0.05) is 55.6 Å². The maximum Gasteiger partial charge on any atom is 0.0624 e. The van der Waals surface area contributed by atoms with Crippen LogP contribution < -0.4 is 5.32 Å². The average molecular weight is 300 g/mol. The molecule has 1 aliphatic rings. The van der Waals surface area contributed by atoms with Gasteiger partial charge in [-0.25, -0.2) is 0 Å². The van der Waals surface area contributed by atoms with Crippen molar-refractivity contribution in [3.8, 4) is 0 Å². The molecule has 0 aliphatic heterocycles. The molecule has 0 radical (unpaired) electrons. The minimum Gasteiger partial charge on any atom is -0.314 e. The standard InChI is InChI=1S/C16H23Cl2N/c1-11(2)19-10-14-7-3-5-12(14)9-13-6-4-8-15(17)16(13)18/h4,6,8,11-12,14,19H,3,5,7,9-10H2,1-2H3. The molecule has 3 heteroatoms. The molecule has 2 rings (SSSR count). The molecule has 1 aromatic carbocycles. The highest BCUT2D eigenvalue weighted by molar-refractivity contribution is 6.42. The van der Waals surface area contributed by atoms with Gasteiger partial charge in [-0.05, 0) is 49.3 Å². The van der Waals surface area contributed by atoms with Crippen molar-refractivity contribution in [3.63, 3.8) is 0 Å². The van der Waals surface area contributed by atoms with Gasteiger partial charge in [0, 0.05) is 6.04 Å². The third-order valence-corrected chi connectivity index (χ3v) is 4.98. The van der Waals surface area contributed by atoms with Crippen LogP contribution in [0.2, 0.25) is 10.0 Å². The fourth-order valence-corrected chi connectivity index (χ4v) is 3.42. The molecule has 19 heavy (non-hydrogen) atoms. The lowest BCUT2D eigenvalue weighted by atomic mass is 9.89. The summed E-state index contributed by atoms with van der Waals surface area (Å²) in [6.07, 6.45) is 5.05. The van der Waals surface area contributed by atoms with Crippen LogP contribution in [0, 0.1) is 11.8 Å². The van der Waals surface area contributed by atoms with Gasteiger partial charge in [0.15, 0.2) is 0 Å². The summed E-state index contributed by atoms with van der Waals surface area (Å²) in [5.74, 6) is 1.51. The van der Waals surface area contributed by atoms with Crippen LogP contribution in [0.25, 0.3) is 0 Å². The zero-order chi connectivity index (χ0) is 13.8. The second-order valence-corrected chi connectivity index (χ2v) is 6.72. The first kappa shape index (κ1) is 15.2. The second kappa shape index (κ2) is 6.97. The van der Waals surface area contributed by atoms with Crippen LogP contribution in [0.5, 0.6) is 0 Å². The Labute approximate surface area is 126 Å². The van der Waals surface area contributed by atoms with Crippen molar-refractivity contribution in [1.82, 2.24) is 5.32 Å². The molecule has 0 saturated heterocycles. The van der Waals surface area contributed by atoms with E-state index in [9.17, 15) is 0 Å². The van der Waals surface area contributed by atoms with E-state index in [0.717, 1.165) is 29.8 Å². The van der Waals surface area contributed by atoms with E-state index in [-0.39, 0.29) is 0 Å². The zero-order valence-corrected chi connectivity index (χ0v) is 13.3. The SMILES string of the molecule is CC(C)NCC1CCCC1Cc1cccc(Cl)c1Cl. The highest BCUT2D eigenvalue weighted by atomic mass is 35.5. The fraction of sp³-hybridized carbons (Fsp3) is 0.625. The topological polar surface area (TPSA) is 12.0 Å². The van der Waals surface area contributed by atoms with Crippen LogP contribution in [0.3, 0.4) is 0 Å². The van der Waals surface area contributed by atoms with Crippen molar-refractivity contribution in [1.29, 1.82) is 0 Å². The molecule has 0 amide bonds. The van der Waals surface area contributed by atoms with E-state index in [4.69, 9.17) is 23.2 Å². The van der Waals surface area contributed by atoms with Crippen molar-refractivity contribution in [2.75, 3.05) is 6.54 Å². The van der Waals surface area contributed by atoms with E-state index in [1.54, 1.807) is 0 Å². The van der Waals surface area contributed by atoms with Gasteiger partial charge < -0.3 is 5.32 Å². The molecular weight excluding hydrogens is 277 g/mol. The minimum atomic E-state index is 0.566. The Morgan fingerprint density at radius 3 is 2.68 bits per heavy atom. The van der Waals surface area contributed by atoms with Crippen molar-refractivity contribution in [2.45, 2.75) is 45.6 Å². The molecule has 1 aliphatic carbocycles. The molecule has 0 spiro atoms. The number of halogens is 2. The molecule has 0 heterocycles. The Hall–Kier alpha value is -0.240. The molecule has 0 bridgehead atoms. The second-order valence-electron chi connectivity index (χ2n) is 5.93. The van der Waals surface area contributed by atoms with Gasteiger partial charge in [-0.2, -0.15) is 0 Å². The summed E-state index contributed by atoms with van der Waals surface area (Å²) >= 11 is 12.4. The lowest BCUT2D eigenvalue weighted by Gasteiger charge is -2.22. The molecule has 1 aromatic rings. The van der Waals surface area contributed by atoms with E-state index < -0.39 is 0 Å². The van der Waals surface area contributed by atoms with Gasteiger partial charge in [-0.3, -0.25) is 0 Å². The largest absolute Gasteiger partial charge is 0.314 e. The molecule has 1 N–H and O–H groups in total. The van der Waals surface area contributed by atoms with E-state index in [1.807, 2.05) is 12.1 Å². The monoisotopic (exact) mass is 299 g/mol. The smallest absolute Gasteiger partial charge is 0.0624 e. The van der Waals surface area contributed by atoms with Gasteiger partial charge in [0.1, 0.15) is 0 Å². The van der Waals surface area contributed by atoms with Gasteiger partial charge in [0.25, 0.3) is 0 Å². The Morgan fingerprint density at radius 1 is 1.21 bits per heavy atom. The van der Waals surface area contributed by atoms with Gasteiger partial charge in [0.2, 0.25) is 0 Å². The number of hydrogen-bond donors (Lipinski definition) is 1. The molecule has 1 nitrogen and oxygen atoms in total. The lowest BCUT2D eigenvalue weighted by molar-refractivity contribution is 0.354. The Balaban J connectivity index is 1.99. The summed E-state index contributed by atoms with van der Waals surface area (Å²) < 4.78 is 0. The van der Waals surface area contributed by atoms with E-state index in [2.05, 4.69) is 25.2 Å². The molecule has 2 atom stereocenters. The molecule has 106 valence electrons. The van der Waals surface area contributed by atoms with Gasteiger partial charge in [-0.15, -0.1) is 0 Å². The average Bonchev–Trinajstić information content (AvgIpc) is 2.80. The molecule has 2 unspecified atom stereocenters. The fourth-order valence-electron chi connectivity index (χ4n) is 3.03. The molecule has 0 aromatic heterocycles. The first-order valence-electron chi connectivity index (χ1n) is 7.24. The normalized spacial score (nSPS) is 23.2. The zero-order valence-electron chi connectivity index (χ0n) is 11.8. The molecular formula is C16H23Cl2N.